The van der Waals surface area contributed by atoms with Crippen molar-refractivity contribution in [2.75, 3.05) is 0 Å². The van der Waals surface area contributed by atoms with Crippen LogP contribution in [0.2, 0.25) is 0 Å². The predicted molar refractivity (Wildman–Crippen MR) is 51.8 cm³/mol. The lowest BCUT2D eigenvalue weighted by Gasteiger charge is -2.16. The van der Waals surface area contributed by atoms with Crippen LogP contribution in [0.1, 0.15) is 5.56 Å². The van der Waals surface area contributed by atoms with Crippen molar-refractivity contribution in [2.45, 2.75) is 18.6 Å². The van der Waals surface area contributed by atoms with Gasteiger partial charge in [-0.25, -0.2) is 4.39 Å². The largest absolute Gasteiger partial charge is 0.403 e. The Morgan fingerprint density at radius 2 is 1.93 bits per heavy atom. The highest BCUT2D eigenvalue weighted by molar-refractivity contribution is 9.10. The number of benzene rings is 1. The number of rotatable bonds is 2. The van der Waals surface area contributed by atoms with Crippen molar-refractivity contribution in [1.82, 2.24) is 0 Å². The molecule has 1 unspecified atom stereocenters. The van der Waals surface area contributed by atoms with Gasteiger partial charge in [0.1, 0.15) is 11.9 Å². The molecule has 0 saturated heterocycles. The third-order valence-corrected chi connectivity index (χ3v) is 2.78. The first kappa shape index (κ1) is 12.4. The lowest BCUT2D eigenvalue weighted by molar-refractivity contribution is -0.147. The van der Waals surface area contributed by atoms with E-state index in [1.165, 1.54) is 12.1 Å². The summed E-state index contributed by atoms with van der Waals surface area (Å²) in [6.07, 6.45) is -4.91. The van der Waals surface area contributed by atoms with Crippen molar-refractivity contribution in [2.24, 2.45) is 5.73 Å². The Labute approximate surface area is 92.4 Å². The molecule has 0 fully saturated rings. The summed E-state index contributed by atoms with van der Waals surface area (Å²) in [5, 5.41) is 0. The fourth-order valence-corrected chi connectivity index (χ4v) is 1.48. The van der Waals surface area contributed by atoms with E-state index in [2.05, 4.69) is 15.9 Å². The Hall–Kier alpha value is -0.620. The highest BCUT2D eigenvalue weighted by Crippen LogP contribution is 2.26. The zero-order chi connectivity index (χ0) is 11.6. The topological polar surface area (TPSA) is 26.0 Å². The van der Waals surface area contributed by atoms with Gasteiger partial charge in [0.25, 0.3) is 0 Å². The van der Waals surface area contributed by atoms with Gasteiger partial charge >= 0.3 is 6.18 Å². The standard InChI is InChI=1S/C9H8BrF4N/c10-8-5(2-1-3-6(8)11)4-7(15)9(12,13)14/h1-3,7H,4,15H2. The molecule has 1 aromatic carbocycles. The molecular formula is C9H8BrF4N. The Kier molecular flexibility index (Phi) is 3.72. The minimum absolute atomic E-state index is 0.0321. The van der Waals surface area contributed by atoms with Gasteiger partial charge in [0.15, 0.2) is 0 Å². The van der Waals surface area contributed by atoms with Crippen LogP contribution in [0.3, 0.4) is 0 Å². The summed E-state index contributed by atoms with van der Waals surface area (Å²) in [4.78, 5) is 0. The Morgan fingerprint density at radius 3 is 2.47 bits per heavy atom. The molecule has 84 valence electrons. The van der Waals surface area contributed by atoms with Gasteiger partial charge in [-0.2, -0.15) is 13.2 Å². The molecule has 1 nitrogen and oxygen atoms in total. The monoisotopic (exact) mass is 285 g/mol. The van der Waals surface area contributed by atoms with Gasteiger partial charge in [0, 0.05) is 0 Å². The maximum absolute atomic E-state index is 13.0. The van der Waals surface area contributed by atoms with Gasteiger partial charge in [-0.15, -0.1) is 0 Å². The Balaban J connectivity index is 2.86. The maximum atomic E-state index is 13.0. The molecule has 6 heteroatoms. The van der Waals surface area contributed by atoms with Crippen LogP contribution in [-0.4, -0.2) is 12.2 Å². The number of halogens is 5. The number of nitrogens with two attached hydrogens (primary N) is 1. The first-order valence-electron chi connectivity index (χ1n) is 4.07. The number of alkyl halides is 3. The predicted octanol–water partition coefficient (Wildman–Crippen LogP) is 3.02. The zero-order valence-electron chi connectivity index (χ0n) is 7.48. The Bertz CT molecular complexity index is 350. The first-order chi connectivity index (χ1) is 6.82. The summed E-state index contributed by atoms with van der Waals surface area (Å²) < 4.78 is 49.4. The molecule has 0 radical (unpaired) electrons. The second kappa shape index (κ2) is 4.49. The quantitative estimate of drug-likeness (QED) is 0.831. The van der Waals surface area contributed by atoms with E-state index in [9.17, 15) is 17.6 Å². The van der Waals surface area contributed by atoms with E-state index < -0.39 is 24.5 Å². The van der Waals surface area contributed by atoms with Crippen molar-refractivity contribution < 1.29 is 17.6 Å². The van der Waals surface area contributed by atoms with Crippen LogP contribution in [0.5, 0.6) is 0 Å². The minimum atomic E-state index is -4.47. The van der Waals surface area contributed by atoms with Gasteiger partial charge in [-0.05, 0) is 34.0 Å². The molecule has 0 aromatic heterocycles. The molecule has 0 aliphatic heterocycles. The van der Waals surface area contributed by atoms with Crippen LogP contribution in [0.4, 0.5) is 17.6 Å². The van der Waals surface area contributed by atoms with Crippen molar-refractivity contribution in [3.05, 3.63) is 34.1 Å². The van der Waals surface area contributed by atoms with Gasteiger partial charge in [-0.3, -0.25) is 0 Å². The van der Waals surface area contributed by atoms with Crippen molar-refractivity contribution >= 4 is 15.9 Å². The van der Waals surface area contributed by atoms with Crippen LogP contribution in [0, 0.1) is 5.82 Å². The highest BCUT2D eigenvalue weighted by Gasteiger charge is 2.36. The highest BCUT2D eigenvalue weighted by atomic mass is 79.9. The van der Waals surface area contributed by atoms with Crippen LogP contribution in [0.25, 0.3) is 0 Å². The third kappa shape index (κ3) is 3.17. The van der Waals surface area contributed by atoms with Crippen molar-refractivity contribution in [3.8, 4) is 0 Å². The lowest BCUT2D eigenvalue weighted by atomic mass is 10.1. The van der Waals surface area contributed by atoms with E-state index in [1.54, 1.807) is 0 Å². The van der Waals surface area contributed by atoms with Crippen LogP contribution in [0.15, 0.2) is 22.7 Å². The van der Waals surface area contributed by atoms with Gasteiger partial charge in [0.2, 0.25) is 0 Å². The van der Waals surface area contributed by atoms with E-state index in [4.69, 9.17) is 5.73 Å². The second-order valence-corrected chi connectivity index (χ2v) is 3.86. The Morgan fingerprint density at radius 1 is 1.33 bits per heavy atom. The van der Waals surface area contributed by atoms with E-state index in [0.717, 1.165) is 6.07 Å². The van der Waals surface area contributed by atoms with Gasteiger partial charge in [0.05, 0.1) is 4.47 Å². The first-order valence-corrected chi connectivity index (χ1v) is 4.87. The smallest absolute Gasteiger partial charge is 0.320 e. The average molecular weight is 286 g/mol. The summed E-state index contributed by atoms with van der Waals surface area (Å²) in [5.74, 6) is -0.595. The normalized spacial score (nSPS) is 14.0. The summed E-state index contributed by atoms with van der Waals surface area (Å²) >= 11 is 2.88. The molecule has 0 bridgehead atoms. The van der Waals surface area contributed by atoms with Gasteiger partial charge < -0.3 is 5.73 Å². The number of hydrogen-bond donors (Lipinski definition) is 1. The summed E-state index contributed by atoms with van der Waals surface area (Å²) in [7, 11) is 0. The SMILES string of the molecule is NC(Cc1cccc(F)c1Br)C(F)(F)F. The van der Waals surface area contributed by atoms with Gasteiger partial charge in [-0.1, -0.05) is 12.1 Å². The number of hydrogen-bond acceptors (Lipinski definition) is 1. The molecule has 0 amide bonds. The molecular weight excluding hydrogens is 278 g/mol. The molecule has 0 heterocycles. The molecule has 0 aliphatic carbocycles. The molecule has 1 aromatic rings. The van der Waals surface area contributed by atoms with E-state index >= 15 is 0 Å². The van der Waals surface area contributed by atoms with E-state index in [1.807, 2.05) is 0 Å². The van der Waals surface area contributed by atoms with E-state index in [0.29, 0.717) is 0 Å². The molecule has 1 atom stereocenters. The molecule has 15 heavy (non-hydrogen) atoms. The summed E-state index contributed by atoms with van der Waals surface area (Å²) in [6, 6.07) is 1.93. The molecule has 1 rings (SSSR count). The fraction of sp³-hybridized carbons (Fsp3) is 0.333. The minimum Gasteiger partial charge on any atom is -0.320 e. The summed E-state index contributed by atoms with van der Waals surface area (Å²) in [5.41, 5.74) is 5.14. The second-order valence-electron chi connectivity index (χ2n) is 3.07. The molecule has 0 aliphatic rings. The molecule has 0 saturated carbocycles. The van der Waals surface area contributed by atoms with Crippen molar-refractivity contribution in [3.63, 3.8) is 0 Å². The lowest BCUT2D eigenvalue weighted by Crippen LogP contribution is -2.39. The maximum Gasteiger partial charge on any atom is 0.403 e. The summed E-state index contributed by atoms with van der Waals surface area (Å²) in [6.45, 7) is 0. The zero-order valence-corrected chi connectivity index (χ0v) is 9.07. The average Bonchev–Trinajstić information content (AvgIpc) is 2.11. The molecule has 0 spiro atoms. The molecule has 2 N–H and O–H groups in total. The third-order valence-electron chi connectivity index (χ3n) is 1.89. The van der Waals surface area contributed by atoms with Crippen LogP contribution < -0.4 is 5.73 Å². The van der Waals surface area contributed by atoms with E-state index in [-0.39, 0.29) is 10.0 Å². The van der Waals surface area contributed by atoms with Crippen LogP contribution in [-0.2, 0) is 6.42 Å². The van der Waals surface area contributed by atoms with Crippen LogP contribution >= 0.6 is 15.9 Å². The fourth-order valence-electron chi connectivity index (χ4n) is 1.06. The van der Waals surface area contributed by atoms with Crippen molar-refractivity contribution in [1.29, 1.82) is 0 Å².